The lowest BCUT2D eigenvalue weighted by Crippen LogP contribution is -2.23. The maximum atomic E-state index is 11.6. The number of anilines is 1. The van der Waals surface area contributed by atoms with Crippen LogP contribution in [0.15, 0.2) is 39.1 Å². The molecule has 1 aliphatic rings. The first-order valence-corrected chi connectivity index (χ1v) is 5.85. The highest BCUT2D eigenvalue weighted by Crippen LogP contribution is 2.47. The Labute approximate surface area is 98.8 Å². The SMILES string of the molecule is CC(=O)N1/C(=C(/C)S)Sc2ccccc21. The molecular weight excluding hydrogens is 226 g/mol. The van der Waals surface area contributed by atoms with Gasteiger partial charge in [-0.2, -0.15) is 0 Å². The molecular formula is C11H11NOS2. The summed E-state index contributed by atoms with van der Waals surface area (Å²) >= 11 is 5.91. The first-order chi connectivity index (χ1) is 7.11. The van der Waals surface area contributed by atoms with Crippen molar-refractivity contribution in [3.05, 3.63) is 34.2 Å². The van der Waals surface area contributed by atoms with Crippen LogP contribution in [0.1, 0.15) is 13.8 Å². The molecule has 0 fully saturated rings. The molecule has 1 amide bonds. The van der Waals surface area contributed by atoms with E-state index in [0.717, 1.165) is 20.5 Å². The van der Waals surface area contributed by atoms with Gasteiger partial charge in [0.1, 0.15) is 0 Å². The van der Waals surface area contributed by atoms with Gasteiger partial charge in [0.25, 0.3) is 0 Å². The fourth-order valence-corrected chi connectivity index (χ4v) is 2.86. The van der Waals surface area contributed by atoms with Crippen LogP contribution in [0.25, 0.3) is 0 Å². The van der Waals surface area contributed by atoms with Gasteiger partial charge in [-0.25, -0.2) is 0 Å². The van der Waals surface area contributed by atoms with Gasteiger partial charge in [-0.05, 0) is 19.1 Å². The number of allylic oxidation sites excluding steroid dienone is 1. The Morgan fingerprint density at radius 3 is 2.60 bits per heavy atom. The molecule has 0 saturated heterocycles. The number of benzene rings is 1. The van der Waals surface area contributed by atoms with E-state index in [-0.39, 0.29) is 5.91 Å². The first-order valence-electron chi connectivity index (χ1n) is 4.58. The fourth-order valence-electron chi connectivity index (χ4n) is 1.54. The van der Waals surface area contributed by atoms with Gasteiger partial charge in [0.05, 0.1) is 10.7 Å². The molecule has 2 rings (SSSR count). The van der Waals surface area contributed by atoms with Crippen LogP contribution in [0.2, 0.25) is 0 Å². The molecule has 0 aliphatic carbocycles. The Balaban J connectivity index is 2.57. The van der Waals surface area contributed by atoms with Gasteiger partial charge >= 0.3 is 0 Å². The number of nitrogens with zero attached hydrogens (tertiary/aromatic N) is 1. The minimum Gasteiger partial charge on any atom is -0.274 e. The number of thiol groups is 1. The predicted molar refractivity (Wildman–Crippen MR) is 67.1 cm³/mol. The van der Waals surface area contributed by atoms with Crippen molar-refractivity contribution in [1.29, 1.82) is 0 Å². The summed E-state index contributed by atoms with van der Waals surface area (Å²) in [6, 6.07) is 7.88. The molecule has 0 atom stereocenters. The van der Waals surface area contributed by atoms with Gasteiger partial charge in [0.15, 0.2) is 0 Å². The highest BCUT2D eigenvalue weighted by atomic mass is 32.2. The van der Waals surface area contributed by atoms with E-state index < -0.39 is 0 Å². The summed E-state index contributed by atoms with van der Waals surface area (Å²) in [5, 5.41) is 0.909. The summed E-state index contributed by atoms with van der Waals surface area (Å²) in [5.74, 6) is 0.0239. The number of fused-ring (bicyclic) bond motifs is 1. The summed E-state index contributed by atoms with van der Waals surface area (Å²) in [5.41, 5.74) is 0.957. The minimum absolute atomic E-state index is 0.0239. The Bertz CT molecular complexity index is 450. The lowest BCUT2D eigenvalue weighted by molar-refractivity contribution is -0.116. The van der Waals surface area contributed by atoms with Crippen molar-refractivity contribution in [3.63, 3.8) is 0 Å². The highest BCUT2D eigenvalue weighted by Gasteiger charge is 2.28. The average Bonchev–Trinajstić information content (AvgIpc) is 2.56. The zero-order valence-corrected chi connectivity index (χ0v) is 10.2. The van der Waals surface area contributed by atoms with Crippen molar-refractivity contribution in [2.45, 2.75) is 18.7 Å². The van der Waals surface area contributed by atoms with Crippen LogP contribution in [0.3, 0.4) is 0 Å². The topological polar surface area (TPSA) is 20.3 Å². The van der Waals surface area contributed by atoms with Crippen LogP contribution < -0.4 is 4.90 Å². The molecule has 78 valence electrons. The number of rotatable bonds is 0. The van der Waals surface area contributed by atoms with Crippen LogP contribution >= 0.6 is 24.4 Å². The largest absolute Gasteiger partial charge is 0.274 e. The number of hydrogen-bond donors (Lipinski definition) is 1. The van der Waals surface area contributed by atoms with E-state index in [4.69, 9.17) is 0 Å². The van der Waals surface area contributed by atoms with Gasteiger partial charge in [-0.15, -0.1) is 12.6 Å². The molecule has 1 aromatic carbocycles. The molecule has 1 aliphatic heterocycles. The molecule has 1 aromatic rings. The highest BCUT2D eigenvalue weighted by molar-refractivity contribution is 8.04. The first kappa shape index (κ1) is 10.6. The smallest absolute Gasteiger partial charge is 0.228 e. The number of para-hydroxylation sites is 1. The summed E-state index contributed by atoms with van der Waals surface area (Å²) < 4.78 is 0. The second-order valence-corrected chi connectivity index (χ2v) is 5.02. The van der Waals surface area contributed by atoms with E-state index in [9.17, 15) is 4.79 Å². The molecule has 0 saturated carbocycles. The fraction of sp³-hybridized carbons (Fsp3) is 0.182. The van der Waals surface area contributed by atoms with Crippen molar-refractivity contribution in [2.24, 2.45) is 0 Å². The van der Waals surface area contributed by atoms with Crippen molar-refractivity contribution in [1.82, 2.24) is 0 Å². The number of thioether (sulfide) groups is 1. The average molecular weight is 237 g/mol. The lowest BCUT2D eigenvalue weighted by atomic mass is 10.3. The summed E-state index contributed by atoms with van der Waals surface area (Å²) in [7, 11) is 0. The van der Waals surface area contributed by atoms with Gasteiger partial charge in [-0.3, -0.25) is 9.69 Å². The third kappa shape index (κ3) is 1.79. The molecule has 0 bridgehead atoms. The number of carbonyl (C=O) groups is 1. The van der Waals surface area contributed by atoms with Gasteiger partial charge < -0.3 is 0 Å². The van der Waals surface area contributed by atoms with Crippen LogP contribution in [0.4, 0.5) is 5.69 Å². The lowest BCUT2D eigenvalue weighted by Gasteiger charge is -2.16. The van der Waals surface area contributed by atoms with E-state index in [1.165, 1.54) is 0 Å². The van der Waals surface area contributed by atoms with Gasteiger partial charge in [0.2, 0.25) is 5.91 Å². The van der Waals surface area contributed by atoms with Crippen LogP contribution in [0.5, 0.6) is 0 Å². The monoisotopic (exact) mass is 237 g/mol. The minimum atomic E-state index is 0.0239. The second-order valence-electron chi connectivity index (χ2n) is 3.31. The summed E-state index contributed by atoms with van der Waals surface area (Å²) in [6.45, 7) is 3.46. The summed E-state index contributed by atoms with van der Waals surface area (Å²) in [6.07, 6.45) is 0. The molecule has 0 spiro atoms. The molecule has 0 radical (unpaired) electrons. The van der Waals surface area contributed by atoms with E-state index in [2.05, 4.69) is 12.6 Å². The number of amides is 1. The Hall–Kier alpha value is -0.870. The zero-order valence-electron chi connectivity index (χ0n) is 8.52. The van der Waals surface area contributed by atoms with Crippen molar-refractivity contribution in [3.8, 4) is 0 Å². The number of carbonyl (C=O) groups excluding carboxylic acids is 1. The van der Waals surface area contributed by atoms with Crippen LogP contribution in [-0.4, -0.2) is 5.91 Å². The van der Waals surface area contributed by atoms with E-state index in [0.29, 0.717) is 0 Å². The van der Waals surface area contributed by atoms with Crippen LogP contribution in [-0.2, 0) is 4.79 Å². The van der Waals surface area contributed by atoms with E-state index in [1.54, 1.807) is 23.6 Å². The maximum absolute atomic E-state index is 11.6. The number of hydrogen-bond acceptors (Lipinski definition) is 3. The molecule has 1 heterocycles. The summed E-state index contributed by atoms with van der Waals surface area (Å²) in [4.78, 5) is 15.3. The maximum Gasteiger partial charge on any atom is 0.228 e. The van der Waals surface area contributed by atoms with Crippen molar-refractivity contribution < 1.29 is 4.79 Å². The normalized spacial score (nSPS) is 17.7. The van der Waals surface area contributed by atoms with Gasteiger partial charge in [-0.1, -0.05) is 23.9 Å². The quantitative estimate of drug-likeness (QED) is 0.699. The van der Waals surface area contributed by atoms with E-state index in [1.807, 2.05) is 31.2 Å². The molecule has 15 heavy (non-hydrogen) atoms. The van der Waals surface area contributed by atoms with Crippen molar-refractivity contribution in [2.75, 3.05) is 4.90 Å². The third-order valence-electron chi connectivity index (χ3n) is 2.14. The predicted octanol–water partition coefficient (Wildman–Crippen LogP) is 3.26. The Morgan fingerprint density at radius 1 is 1.33 bits per heavy atom. The Kier molecular flexibility index (Phi) is 2.80. The van der Waals surface area contributed by atoms with Crippen LogP contribution in [0, 0.1) is 0 Å². The molecule has 2 nitrogen and oxygen atoms in total. The van der Waals surface area contributed by atoms with Crippen molar-refractivity contribution >= 4 is 36.0 Å². The molecule has 0 aromatic heterocycles. The molecule has 0 N–H and O–H groups in total. The molecule has 0 unspecified atom stereocenters. The zero-order chi connectivity index (χ0) is 11.0. The van der Waals surface area contributed by atoms with E-state index >= 15 is 0 Å². The second kappa shape index (κ2) is 3.94. The Morgan fingerprint density at radius 2 is 2.00 bits per heavy atom. The third-order valence-corrected chi connectivity index (χ3v) is 3.75. The molecule has 4 heteroatoms. The standard InChI is InChI=1S/C11H11NOS2/c1-7(14)11-12(8(2)13)9-5-3-4-6-10(9)15-11/h3-6,14H,1-2H3/b11-7+. The van der Waals surface area contributed by atoms with Gasteiger partial charge in [0, 0.05) is 16.7 Å².